The molecule has 0 saturated heterocycles. The standard InChI is InChI=1S/C17H15FOS/c1-10(2)11-4-6-16-14(7-11)15(19)8-12-3-5-13(18)9-17(12)20-16/h3-7,9-10H,8H2,1-2H3. The highest BCUT2D eigenvalue weighted by Gasteiger charge is 2.21. The number of hydrogen-bond acceptors (Lipinski definition) is 2. The topological polar surface area (TPSA) is 17.1 Å². The molecule has 0 aliphatic carbocycles. The van der Waals surface area contributed by atoms with E-state index in [1.165, 1.54) is 23.9 Å². The van der Waals surface area contributed by atoms with E-state index in [1.54, 1.807) is 6.07 Å². The number of carbonyl (C=O) groups is 1. The summed E-state index contributed by atoms with van der Waals surface area (Å²) >= 11 is 1.48. The van der Waals surface area contributed by atoms with Crippen LogP contribution in [0.1, 0.15) is 41.3 Å². The summed E-state index contributed by atoms with van der Waals surface area (Å²) in [5, 5.41) is 0. The maximum absolute atomic E-state index is 13.4. The predicted octanol–water partition coefficient (Wildman–Crippen LogP) is 4.84. The quantitative estimate of drug-likeness (QED) is 0.746. The number of benzene rings is 2. The van der Waals surface area contributed by atoms with Gasteiger partial charge in [-0.3, -0.25) is 4.79 Å². The first-order valence-corrected chi connectivity index (χ1v) is 7.49. The highest BCUT2D eigenvalue weighted by Crippen LogP contribution is 2.38. The summed E-state index contributed by atoms with van der Waals surface area (Å²) < 4.78 is 13.4. The first-order valence-electron chi connectivity index (χ1n) is 6.68. The lowest BCUT2D eigenvalue weighted by Gasteiger charge is -2.10. The van der Waals surface area contributed by atoms with Crippen molar-refractivity contribution in [3.63, 3.8) is 0 Å². The fourth-order valence-corrected chi connectivity index (χ4v) is 3.47. The predicted molar refractivity (Wildman–Crippen MR) is 79.1 cm³/mol. The van der Waals surface area contributed by atoms with Gasteiger partial charge in [0.25, 0.3) is 0 Å². The van der Waals surface area contributed by atoms with E-state index in [9.17, 15) is 9.18 Å². The minimum Gasteiger partial charge on any atom is -0.294 e. The van der Waals surface area contributed by atoms with Crippen LogP contribution in [-0.4, -0.2) is 5.78 Å². The molecule has 2 aromatic rings. The van der Waals surface area contributed by atoms with E-state index < -0.39 is 0 Å². The SMILES string of the molecule is CC(C)c1ccc2c(c1)C(=O)Cc1ccc(F)cc1S2. The highest BCUT2D eigenvalue weighted by molar-refractivity contribution is 7.99. The number of carbonyl (C=O) groups excluding carboxylic acids is 1. The Kier molecular flexibility index (Phi) is 3.38. The normalized spacial score (nSPS) is 13.9. The molecule has 0 unspecified atom stereocenters. The van der Waals surface area contributed by atoms with Crippen LogP contribution >= 0.6 is 11.8 Å². The van der Waals surface area contributed by atoms with Crippen molar-refractivity contribution in [1.82, 2.24) is 0 Å². The zero-order chi connectivity index (χ0) is 14.3. The Bertz CT molecular complexity index is 691. The summed E-state index contributed by atoms with van der Waals surface area (Å²) in [5.41, 5.74) is 2.83. The van der Waals surface area contributed by atoms with Crippen LogP contribution in [0.2, 0.25) is 0 Å². The summed E-state index contributed by atoms with van der Waals surface area (Å²) in [4.78, 5) is 14.2. The van der Waals surface area contributed by atoms with E-state index in [0.29, 0.717) is 12.3 Å². The van der Waals surface area contributed by atoms with E-state index in [2.05, 4.69) is 13.8 Å². The molecule has 0 N–H and O–H groups in total. The minimum atomic E-state index is -0.258. The highest BCUT2D eigenvalue weighted by atomic mass is 32.2. The molecular weight excluding hydrogens is 271 g/mol. The van der Waals surface area contributed by atoms with Crippen LogP contribution in [0.25, 0.3) is 0 Å². The Morgan fingerprint density at radius 1 is 1.10 bits per heavy atom. The average Bonchev–Trinajstić information content (AvgIpc) is 2.54. The van der Waals surface area contributed by atoms with Crippen LogP contribution < -0.4 is 0 Å². The maximum atomic E-state index is 13.4. The van der Waals surface area contributed by atoms with Gasteiger partial charge in [0.05, 0.1) is 0 Å². The van der Waals surface area contributed by atoms with Gasteiger partial charge in [-0.2, -0.15) is 0 Å². The molecule has 0 atom stereocenters. The minimum absolute atomic E-state index is 0.111. The Hall–Kier alpha value is -1.61. The second-order valence-corrected chi connectivity index (χ2v) is 6.45. The van der Waals surface area contributed by atoms with Gasteiger partial charge in [-0.05, 0) is 41.3 Å². The fraction of sp³-hybridized carbons (Fsp3) is 0.235. The largest absolute Gasteiger partial charge is 0.294 e. The Morgan fingerprint density at radius 2 is 1.90 bits per heavy atom. The summed E-state index contributed by atoms with van der Waals surface area (Å²) in [6.07, 6.45) is 0.344. The van der Waals surface area contributed by atoms with Gasteiger partial charge in [0, 0.05) is 21.8 Å². The summed E-state index contributed by atoms with van der Waals surface area (Å²) in [7, 11) is 0. The number of ketones is 1. The Balaban J connectivity index is 2.11. The van der Waals surface area contributed by atoms with Crippen molar-refractivity contribution >= 4 is 17.5 Å². The second kappa shape index (κ2) is 5.06. The van der Waals surface area contributed by atoms with Crippen LogP contribution in [0, 0.1) is 5.82 Å². The van der Waals surface area contributed by atoms with E-state index >= 15 is 0 Å². The first-order chi connectivity index (χ1) is 9.54. The van der Waals surface area contributed by atoms with Gasteiger partial charge < -0.3 is 0 Å². The van der Waals surface area contributed by atoms with Gasteiger partial charge in [-0.1, -0.05) is 37.7 Å². The number of halogens is 1. The third kappa shape index (κ3) is 2.38. The molecule has 0 amide bonds. The monoisotopic (exact) mass is 286 g/mol. The lowest BCUT2D eigenvalue weighted by Crippen LogP contribution is -2.04. The second-order valence-electron chi connectivity index (χ2n) is 5.36. The van der Waals surface area contributed by atoms with Crippen LogP contribution in [0.15, 0.2) is 46.2 Å². The van der Waals surface area contributed by atoms with Gasteiger partial charge in [0.1, 0.15) is 5.82 Å². The third-order valence-corrected chi connectivity index (χ3v) is 4.75. The van der Waals surface area contributed by atoms with Crippen LogP contribution in [0.4, 0.5) is 4.39 Å². The average molecular weight is 286 g/mol. The van der Waals surface area contributed by atoms with Gasteiger partial charge in [-0.25, -0.2) is 4.39 Å². The van der Waals surface area contributed by atoms with Crippen molar-refractivity contribution in [1.29, 1.82) is 0 Å². The number of Topliss-reactive ketones (excluding diaryl/α,β-unsaturated/α-hetero) is 1. The Labute approximate surface area is 122 Å². The van der Waals surface area contributed by atoms with Crippen molar-refractivity contribution in [3.05, 3.63) is 58.9 Å². The lowest BCUT2D eigenvalue weighted by atomic mass is 9.97. The molecule has 0 fully saturated rings. The van der Waals surface area contributed by atoms with Crippen molar-refractivity contribution in [2.45, 2.75) is 36.0 Å². The fourth-order valence-electron chi connectivity index (χ4n) is 2.37. The number of fused-ring (bicyclic) bond motifs is 2. The molecule has 1 aliphatic heterocycles. The first kappa shape index (κ1) is 13.4. The molecule has 102 valence electrons. The van der Waals surface area contributed by atoms with Crippen molar-refractivity contribution < 1.29 is 9.18 Å². The molecule has 1 nitrogen and oxygen atoms in total. The summed E-state index contributed by atoms with van der Waals surface area (Å²) in [6.45, 7) is 4.22. The van der Waals surface area contributed by atoms with Gasteiger partial charge in [0.15, 0.2) is 5.78 Å². The van der Waals surface area contributed by atoms with Gasteiger partial charge in [-0.15, -0.1) is 0 Å². The molecule has 0 saturated carbocycles. The molecule has 1 aliphatic rings. The maximum Gasteiger partial charge on any atom is 0.168 e. The van der Waals surface area contributed by atoms with Crippen LogP contribution in [-0.2, 0) is 6.42 Å². The number of rotatable bonds is 1. The Morgan fingerprint density at radius 3 is 2.65 bits per heavy atom. The molecule has 3 heteroatoms. The van der Waals surface area contributed by atoms with Crippen LogP contribution in [0.3, 0.4) is 0 Å². The molecule has 20 heavy (non-hydrogen) atoms. The molecule has 0 spiro atoms. The zero-order valence-corrected chi connectivity index (χ0v) is 12.3. The van der Waals surface area contributed by atoms with E-state index in [1.807, 2.05) is 18.2 Å². The molecule has 0 radical (unpaired) electrons. The molecule has 2 aromatic carbocycles. The van der Waals surface area contributed by atoms with Crippen LogP contribution in [0.5, 0.6) is 0 Å². The van der Waals surface area contributed by atoms with E-state index in [4.69, 9.17) is 0 Å². The van der Waals surface area contributed by atoms with Crippen molar-refractivity contribution in [3.8, 4) is 0 Å². The summed E-state index contributed by atoms with van der Waals surface area (Å²) in [5.74, 6) is 0.243. The molecule has 0 bridgehead atoms. The van der Waals surface area contributed by atoms with Gasteiger partial charge in [0.2, 0.25) is 0 Å². The lowest BCUT2D eigenvalue weighted by molar-refractivity contribution is 0.0990. The van der Waals surface area contributed by atoms with E-state index in [0.717, 1.165) is 26.5 Å². The van der Waals surface area contributed by atoms with Gasteiger partial charge >= 0.3 is 0 Å². The molecule has 3 rings (SSSR count). The smallest absolute Gasteiger partial charge is 0.168 e. The van der Waals surface area contributed by atoms with E-state index in [-0.39, 0.29) is 11.6 Å². The summed E-state index contributed by atoms with van der Waals surface area (Å²) in [6, 6.07) is 10.7. The van der Waals surface area contributed by atoms with Crippen molar-refractivity contribution in [2.75, 3.05) is 0 Å². The third-order valence-electron chi connectivity index (χ3n) is 3.57. The zero-order valence-electron chi connectivity index (χ0n) is 11.4. The molecular formula is C17H15FOS. The molecule has 1 heterocycles. The number of hydrogen-bond donors (Lipinski definition) is 0. The molecule has 0 aromatic heterocycles. The van der Waals surface area contributed by atoms with Crippen molar-refractivity contribution in [2.24, 2.45) is 0 Å².